The zero-order valence-electron chi connectivity index (χ0n) is 11.9. The van der Waals surface area contributed by atoms with Gasteiger partial charge in [0.25, 0.3) is 0 Å². The lowest BCUT2D eigenvalue weighted by molar-refractivity contribution is 0.591. The molecule has 0 unspecified atom stereocenters. The number of aryl methyl sites for hydroxylation is 1. The van der Waals surface area contributed by atoms with Gasteiger partial charge in [-0.3, -0.25) is 4.68 Å². The van der Waals surface area contributed by atoms with E-state index in [1.54, 1.807) is 12.5 Å². The number of aromatic amines is 1. The van der Waals surface area contributed by atoms with Gasteiger partial charge in [0.2, 0.25) is 5.95 Å². The summed E-state index contributed by atoms with van der Waals surface area (Å²) in [5.41, 5.74) is 1.49. The van der Waals surface area contributed by atoms with Crippen molar-refractivity contribution in [1.82, 2.24) is 29.7 Å². The quantitative estimate of drug-likeness (QED) is 0.569. The first kappa shape index (κ1) is 13.3. The van der Waals surface area contributed by atoms with Crippen molar-refractivity contribution in [3.63, 3.8) is 0 Å². The molecule has 3 aromatic heterocycles. The van der Waals surface area contributed by atoms with Crippen molar-refractivity contribution < 1.29 is 0 Å². The van der Waals surface area contributed by atoms with Crippen LogP contribution in [-0.2, 0) is 6.54 Å². The molecule has 8 nitrogen and oxygen atoms in total. The minimum Gasteiger partial charge on any atom is -0.368 e. The number of H-pyrrole nitrogens is 1. The SMILES string of the molecule is CCNc1nc(NCCCn2cccn2)c2[nH]cnc2n1. The molecule has 0 spiro atoms. The average Bonchev–Trinajstić information content (AvgIpc) is 3.14. The first-order valence-electron chi connectivity index (χ1n) is 7.03. The summed E-state index contributed by atoms with van der Waals surface area (Å²) < 4.78 is 1.91. The third kappa shape index (κ3) is 3.10. The Morgan fingerprint density at radius 2 is 2.24 bits per heavy atom. The van der Waals surface area contributed by atoms with Gasteiger partial charge in [0, 0.05) is 32.0 Å². The Kier molecular flexibility index (Phi) is 3.95. The number of aromatic nitrogens is 6. The topological polar surface area (TPSA) is 96.3 Å². The van der Waals surface area contributed by atoms with E-state index in [9.17, 15) is 0 Å². The summed E-state index contributed by atoms with van der Waals surface area (Å²) in [6.07, 6.45) is 6.33. The smallest absolute Gasteiger partial charge is 0.226 e. The van der Waals surface area contributed by atoms with Crippen LogP contribution in [0.2, 0.25) is 0 Å². The molecule has 0 aromatic carbocycles. The molecule has 0 saturated heterocycles. The highest BCUT2D eigenvalue weighted by Crippen LogP contribution is 2.18. The Hall–Kier alpha value is -2.64. The number of nitrogens with zero attached hydrogens (tertiary/aromatic N) is 5. The van der Waals surface area contributed by atoms with Crippen molar-refractivity contribution in [3.05, 3.63) is 24.8 Å². The van der Waals surface area contributed by atoms with E-state index in [4.69, 9.17) is 0 Å². The fourth-order valence-electron chi connectivity index (χ4n) is 2.08. The van der Waals surface area contributed by atoms with Crippen molar-refractivity contribution in [2.45, 2.75) is 19.9 Å². The van der Waals surface area contributed by atoms with Gasteiger partial charge in [-0.25, -0.2) is 4.98 Å². The second-order valence-corrected chi connectivity index (χ2v) is 4.58. The molecule has 0 aliphatic rings. The normalized spacial score (nSPS) is 10.9. The Labute approximate surface area is 122 Å². The molecule has 0 aliphatic heterocycles. The molecule has 0 atom stereocenters. The molecule has 3 N–H and O–H groups in total. The first-order valence-corrected chi connectivity index (χ1v) is 7.03. The van der Waals surface area contributed by atoms with Crippen molar-refractivity contribution in [1.29, 1.82) is 0 Å². The van der Waals surface area contributed by atoms with E-state index in [0.717, 1.165) is 37.4 Å². The molecule has 110 valence electrons. The van der Waals surface area contributed by atoms with Gasteiger partial charge in [-0.2, -0.15) is 15.1 Å². The Morgan fingerprint density at radius 1 is 1.29 bits per heavy atom. The predicted octanol–water partition coefficient (Wildman–Crippen LogP) is 1.48. The second kappa shape index (κ2) is 6.21. The van der Waals surface area contributed by atoms with Gasteiger partial charge in [-0.05, 0) is 19.4 Å². The van der Waals surface area contributed by atoms with Crippen LogP contribution >= 0.6 is 0 Å². The van der Waals surface area contributed by atoms with Crippen LogP contribution in [0.25, 0.3) is 11.2 Å². The molecular weight excluding hydrogens is 268 g/mol. The fourth-order valence-corrected chi connectivity index (χ4v) is 2.08. The lowest BCUT2D eigenvalue weighted by Crippen LogP contribution is -2.10. The average molecular weight is 286 g/mol. The van der Waals surface area contributed by atoms with Crippen LogP contribution in [0.1, 0.15) is 13.3 Å². The molecule has 0 fully saturated rings. The molecule has 0 saturated carbocycles. The molecule has 0 radical (unpaired) electrons. The molecule has 0 amide bonds. The van der Waals surface area contributed by atoms with Crippen LogP contribution in [0.3, 0.4) is 0 Å². The van der Waals surface area contributed by atoms with Crippen LogP contribution < -0.4 is 10.6 Å². The summed E-state index contributed by atoms with van der Waals surface area (Å²) in [5.74, 6) is 1.36. The van der Waals surface area contributed by atoms with Gasteiger partial charge >= 0.3 is 0 Å². The van der Waals surface area contributed by atoms with E-state index in [1.807, 2.05) is 23.9 Å². The van der Waals surface area contributed by atoms with E-state index in [2.05, 4.69) is 35.7 Å². The van der Waals surface area contributed by atoms with E-state index < -0.39 is 0 Å². The minimum absolute atomic E-state index is 0.590. The summed E-state index contributed by atoms with van der Waals surface area (Å²) in [6.45, 7) is 4.46. The molecule has 0 bridgehead atoms. The summed E-state index contributed by atoms with van der Waals surface area (Å²) in [6, 6.07) is 1.93. The molecule has 3 rings (SSSR count). The van der Waals surface area contributed by atoms with Crippen LogP contribution in [-0.4, -0.2) is 42.8 Å². The molecule has 3 heterocycles. The molecule has 0 aliphatic carbocycles. The van der Waals surface area contributed by atoms with Crippen LogP contribution in [0, 0.1) is 0 Å². The summed E-state index contributed by atoms with van der Waals surface area (Å²) in [7, 11) is 0. The predicted molar refractivity (Wildman–Crippen MR) is 81.2 cm³/mol. The highest BCUT2D eigenvalue weighted by Gasteiger charge is 2.08. The van der Waals surface area contributed by atoms with Crippen molar-refractivity contribution >= 4 is 22.9 Å². The third-order valence-corrected chi connectivity index (χ3v) is 3.04. The number of imidazole rings is 1. The second-order valence-electron chi connectivity index (χ2n) is 4.58. The number of rotatable bonds is 7. The monoisotopic (exact) mass is 286 g/mol. The van der Waals surface area contributed by atoms with Gasteiger partial charge in [0.15, 0.2) is 11.5 Å². The summed E-state index contributed by atoms with van der Waals surface area (Å²) >= 11 is 0. The van der Waals surface area contributed by atoms with Gasteiger partial charge in [0.1, 0.15) is 5.52 Å². The number of hydrogen-bond acceptors (Lipinski definition) is 6. The fraction of sp³-hybridized carbons (Fsp3) is 0.385. The Bertz CT molecular complexity index is 687. The Balaban J connectivity index is 1.66. The van der Waals surface area contributed by atoms with Crippen molar-refractivity contribution in [2.75, 3.05) is 23.7 Å². The van der Waals surface area contributed by atoms with E-state index in [1.165, 1.54) is 0 Å². The van der Waals surface area contributed by atoms with Crippen LogP contribution in [0.5, 0.6) is 0 Å². The van der Waals surface area contributed by atoms with Gasteiger partial charge in [-0.1, -0.05) is 0 Å². The largest absolute Gasteiger partial charge is 0.368 e. The number of nitrogens with one attached hydrogen (secondary N) is 3. The number of anilines is 2. The maximum Gasteiger partial charge on any atom is 0.226 e. The van der Waals surface area contributed by atoms with E-state index in [-0.39, 0.29) is 0 Å². The van der Waals surface area contributed by atoms with Crippen LogP contribution in [0.4, 0.5) is 11.8 Å². The van der Waals surface area contributed by atoms with Gasteiger partial charge < -0.3 is 15.6 Å². The molecule has 8 heteroatoms. The summed E-state index contributed by atoms with van der Waals surface area (Å²) in [5, 5.41) is 10.6. The number of fused-ring (bicyclic) bond motifs is 1. The highest BCUT2D eigenvalue weighted by atomic mass is 15.3. The molecular formula is C13H18N8. The van der Waals surface area contributed by atoms with Gasteiger partial charge in [0.05, 0.1) is 6.33 Å². The maximum absolute atomic E-state index is 4.47. The molecule has 3 aromatic rings. The summed E-state index contributed by atoms with van der Waals surface area (Å²) in [4.78, 5) is 16.1. The Morgan fingerprint density at radius 3 is 3.05 bits per heavy atom. The maximum atomic E-state index is 4.47. The van der Waals surface area contributed by atoms with Crippen LogP contribution in [0.15, 0.2) is 24.8 Å². The zero-order chi connectivity index (χ0) is 14.5. The highest BCUT2D eigenvalue weighted by molar-refractivity contribution is 5.83. The first-order chi connectivity index (χ1) is 10.4. The molecule has 21 heavy (non-hydrogen) atoms. The standard InChI is InChI=1S/C13H18N8/c1-2-14-13-19-11(10-12(20-13)17-9-16-10)15-5-3-7-21-8-4-6-18-21/h4,6,8-9H,2-3,5,7H2,1H3,(H3,14,15,16,17,19,20). The van der Waals surface area contributed by atoms with E-state index >= 15 is 0 Å². The number of hydrogen-bond donors (Lipinski definition) is 3. The van der Waals surface area contributed by atoms with E-state index in [0.29, 0.717) is 11.6 Å². The lowest BCUT2D eigenvalue weighted by Gasteiger charge is -2.08. The zero-order valence-corrected chi connectivity index (χ0v) is 11.9. The van der Waals surface area contributed by atoms with Crippen molar-refractivity contribution in [3.8, 4) is 0 Å². The van der Waals surface area contributed by atoms with Crippen molar-refractivity contribution in [2.24, 2.45) is 0 Å². The van der Waals surface area contributed by atoms with Gasteiger partial charge in [-0.15, -0.1) is 0 Å². The third-order valence-electron chi connectivity index (χ3n) is 3.04. The minimum atomic E-state index is 0.590. The lowest BCUT2D eigenvalue weighted by atomic mass is 10.4.